The van der Waals surface area contributed by atoms with Gasteiger partial charge in [-0.3, -0.25) is 14.2 Å². The molecule has 9 heteroatoms. The molecule has 0 saturated heterocycles. The first-order valence-corrected chi connectivity index (χ1v) is 11.9. The van der Waals surface area contributed by atoms with Crippen molar-refractivity contribution in [3.8, 4) is 17.1 Å². The Kier molecular flexibility index (Phi) is 7.61. The van der Waals surface area contributed by atoms with Gasteiger partial charge in [0, 0.05) is 18.3 Å². The summed E-state index contributed by atoms with van der Waals surface area (Å²) in [5, 5.41) is 12.5. The van der Waals surface area contributed by atoms with Crippen LogP contribution >= 0.6 is 23.4 Å². The summed E-state index contributed by atoms with van der Waals surface area (Å²) in [6.07, 6.45) is 0. The molecule has 0 aliphatic heterocycles. The van der Waals surface area contributed by atoms with Gasteiger partial charge in [-0.25, -0.2) is 0 Å². The quantitative estimate of drug-likeness (QED) is 0.359. The topological polar surface area (TPSA) is 80.1 Å². The summed E-state index contributed by atoms with van der Waals surface area (Å²) in [6, 6.07) is 26.5. The second kappa shape index (κ2) is 11.0. The molecular formula is C25H22ClN5O2S. The lowest BCUT2D eigenvalue weighted by molar-refractivity contribution is -0.131. The molecule has 0 saturated carbocycles. The van der Waals surface area contributed by atoms with Gasteiger partial charge in [-0.2, -0.15) is 0 Å². The molecule has 0 bridgehead atoms. The zero-order valence-electron chi connectivity index (χ0n) is 18.4. The van der Waals surface area contributed by atoms with Crippen LogP contribution in [0.5, 0.6) is 0 Å². The summed E-state index contributed by atoms with van der Waals surface area (Å²) in [6.45, 7) is -0.0920. The van der Waals surface area contributed by atoms with Crippen LogP contribution in [0.15, 0.2) is 90.1 Å². The minimum absolute atomic E-state index is 0.0920. The van der Waals surface area contributed by atoms with Crippen molar-refractivity contribution in [2.24, 2.45) is 0 Å². The fourth-order valence-electron chi connectivity index (χ4n) is 3.24. The van der Waals surface area contributed by atoms with Crippen LogP contribution in [0.4, 0.5) is 5.69 Å². The fraction of sp³-hybridized carbons (Fsp3) is 0.120. The second-order valence-electron chi connectivity index (χ2n) is 7.41. The first-order chi connectivity index (χ1) is 16.5. The lowest BCUT2D eigenvalue weighted by Gasteiger charge is -2.17. The minimum Gasteiger partial charge on any atom is -0.336 e. The summed E-state index contributed by atoms with van der Waals surface area (Å²) in [4.78, 5) is 26.5. The first kappa shape index (κ1) is 23.5. The van der Waals surface area contributed by atoms with E-state index in [1.165, 1.54) is 16.7 Å². The van der Waals surface area contributed by atoms with E-state index in [2.05, 4.69) is 15.5 Å². The Labute approximate surface area is 206 Å². The highest BCUT2D eigenvalue weighted by atomic mass is 35.5. The van der Waals surface area contributed by atoms with Gasteiger partial charge in [0.25, 0.3) is 0 Å². The van der Waals surface area contributed by atoms with E-state index in [-0.39, 0.29) is 24.1 Å². The molecule has 4 aromatic rings. The van der Waals surface area contributed by atoms with Gasteiger partial charge >= 0.3 is 0 Å². The predicted octanol–water partition coefficient (Wildman–Crippen LogP) is 4.78. The third-order valence-corrected chi connectivity index (χ3v) is 6.20. The summed E-state index contributed by atoms with van der Waals surface area (Å²) < 4.78 is 1.93. The number of anilines is 1. The number of aromatic nitrogens is 3. The number of halogens is 1. The normalized spacial score (nSPS) is 10.6. The van der Waals surface area contributed by atoms with Gasteiger partial charge < -0.3 is 10.2 Å². The maximum atomic E-state index is 12.7. The van der Waals surface area contributed by atoms with Crippen molar-refractivity contribution < 1.29 is 9.59 Å². The smallest absolute Gasteiger partial charge is 0.244 e. The Hall–Kier alpha value is -3.62. The van der Waals surface area contributed by atoms with Gasteiger partial charge in [0.2, 0.25) is 11.8 Å². The van der Waals surface area contributed by atoms with Gasteiger partial charge in [-0.1, -0.05) is 84.0 Å². The molecule has 172 valence electrons. The van der Waals surface area contributed by atoms with Crippen LogP contribution in [-0.4, -0.2) is 50.8 Å². The molecule has 2 amide bonds. The Morgan fingerprint density at radius 1 is 0.941 bits per heavy atom. The average Bonchev–Trinajstić information content (AvgIpc) is 3.29. The average molecular weight is 492 g/mol. The van der Waals surface area contributed by atoms with E-state index in [1.54, 1.807) is 31.3 Å². The van der Waals surface area contributed by atoms with Crippen LogP contribution in [0.1, 0.15) is 0 Å². The molecule has 0 radical (unpaired) electrons. The van der Waals surface area contributed by atoms with E-state index < -0.39 is 0 Å². The number of thioether (sulfide) groups is 1. The number of para-hydroxylation sites is 2. The van der Waals surface area contributed by atoms with E-state index in [1.807, 2.05) is 65.2 Å². The van der Waals surface area contributed by atoms with Crippen LogP contribution in [0.3, 0.4) is 0 Å². The number of nitrogens with one attached hydrogen (secondary N) is 1. The monoisotopic (exact) mass is 491 g/mol. The van der Waals surface area contributed by atoms with Crippen molar-refractivity contribution in [3.05, 3.63) is 90.0 Å². The van der Waals surface area contributed by atoms with Crippen LogP contribution < -0.4 is 5.32 Å². The Morgan fingerprint density at radius 3 is 2.29 bits per heavy atom. The lowest BCUT2D eigenvalue weighted by Crippen LogP contribution is -2.36. The van der Waals surface area contributed by atoms with Gasteiger partial charge in [0.15, 0.2) is 11.0 Å². The molecule has 0 aliphatic rings. The number of hydrogen-bond acceptors (Lipinski definition) is 5. The van der Waals surface area contributed by atoms with Crippen molar-refractivity contribution in [1.29, 1.82) is 0 Å². The Bertz CT molecular complexity index is 1280. The van der Waals surface area contributed by atoms with Crippen LogP contribution in [0.2, 0.25) is 5.02 Å². The number of carbonyl (C=O) groups is 2. The summed E-state index contributed by atoms with van der Waals surface area (Å²) in [5.41, 5.74) is 2.33. The maximum Gasteiger partial charge on any atom is 0.244 e. The zero-order chi connectivity index (χ0) is 23.9. The molecule has 3 aromatic carbocycles. The summed E-state index contributed by atoms with van der Waals surface area (Å²) >= 11 is 7.36. The third-order valence-electron chi connectivity index (χ3n) is 4.96. The number of amides is 2. The molecule has 7 nitrogen and oxygen atoms in total. The van der Waals surface area contributed by atoms with E-state index in [4.69, 9.17) is 11.6 Å². The van der Waals surface area contributed by atoms with E-state index in [0.717, 1.165) is 11.3 Å². The number of benzene rings is 3. The van der Waals surface area contributed by atoms with Crippen molar-refractivity contribution in [2.45, 2.75) is 5.16 Å². The molecular weight excluding hydrogens is 470 g/mol. The lowest BCUT2D eigenvalue weighted by atomic mass is 10.2. The molecule has 0 atom stereocenters. The standard InChI is InChI=1S/C25H22ClN5O2S/c1-30(16-22(32)27-21-15-9-8-14-20(21)26)23(33)17-34-25-29-28-24(18-10-4-2-5-11-18)31(25)19-12-6-3-7-13-19/h2-15H,16-17H2,1H3,(H,27,32). The Morgan fingerprint density at radius 2 is 1.59 bits per heavy atom. The number of likely N-dealkylation sites (N-methyl/N-ethyl adjacent to an activating group) is 1. The highest BCUT2D eigenvalue weighted by Gasteiger charge is 2.19. The van der Waals surface area contributed by atoms with Gasteiger partial charge in [-0.05, 0) is 24.3 Å². The SMILES string of the molecule is CN(CC(=O)Nc1ccccc1Cl)C(=O)CSc1nnc(-c2ccccc2)n1-c1ccccc1. The largest absolute Gasteiger partial charge is 0.336 e. The molecule has 1 heterocycles. The molecule has 1 aromatic heterocycles. The molecule has 0 fully saturated rings. The zero-order valence-corrected chi connectivity index (χ0v) is 20.0. The van der Waals surface area contributed by atoms with E-state index in [0.29, 0.717) is 21.7 Å². The third kappa shape index (κ3) is 5.65. The molecule has 0 aliphatic carbocycles. The highest BCUT2D eigenvalue weighted by molar-refractivity contribution is 7.99. The Balaban J connectivity index is 1.45. The molecule has 0 unspecified atom stereocenters. The number of hydrogen-bond donors (Lipinski definition) is 1. The van der Waals surface area contributed by atoms with Gasteiger partial charge in [0.05, 0.1) is 23.0 Å². The van der Waals surface area contributed by atoms with Gasteiger partial charge in [-0.15, -0.1) is 10.2 Å². The first-order valence-electron chi connectivity index (χ1n) is 10.5. The number of rotatable bonds is 8. The summed E-state index contributed by atoms with van der Waals surface area (Å²) in [7, 11) is 1.59. The van der Waals surface area contributed by atoms with Crippen LogP contribution in [0, 0.1) is 0 Å². The van der Waals surface area contributed by atoms with Crippen molar-refractivity contribution in [2.75, 3.05) is 24.7 Å². The second-order valence-corrected chi connectivity index (χ2v) is 8.76. The highest BCUT2D eigenvalue weighted by Crippen LogP contribution is 2.28. The molecule has 4 rings (SSSR count). The molecule has 1 N–H and O–H groups in total. The predicted molar refractivity (Wildman–Crippen MR) is 135 cm³/mol. The van der Waals surface area contributed by atoms with E-state index >= 15 is 0 Å². The van der Waals surface area contributed by atoms with Gasteiger partial charge in [0.1, 0.15) is 0 Å². The summed E-state index contributed by atoms with van der Waals surface area (Å²) in [5.74, 6) is 0.264. The molecule has 0 spiro atoms. The number of nitrogens with zero attached hydrogens (tertiary/aromatic N) is 4. The molecule has 34 heavy (non-hydrogen) atoms. The minimum atomic E-state index is -0.326. The van der Waals surface area contributed by atoms with Crippen molar-refractivity contribution in [1.82, 2.24) is 19.7 Å². The van der Waals surface area contributed by atoms with Crippen molar-refractivity contribution >= 4 is 40.9 Å². The van der Waals surface area contributed by atoms with Crippen LogP contribution in [0.25, 0.3) is 17.1 Å². The van der Waals surface area contributed by atoms with Crippen LogP contribution in [-0.2, 0) is 9.59 Å². The van der Waals surface area contributed by atoms with Crippen molar-refractivity contribution in [3.63, 3.8) is 0 Å². The fourth-order valence-corrected chi connectivity index (χ4v) is 4.32. The number of carbonyl (C=O) groups excluding carboxylic acids is 2. The maximum absolute atomic E-state index is 12.7. The van der Waals surface area contributed by atoms with E-state index in [9.17, 15) is 9.59 Å².